The standard InChI is InChI=1S/C39H57N5O7S/c1-10-23-19-37(23,33(49)43-52(50,51)24-12-13-24)21-28(46)26-20-39(36(8,9)38(39)14-11-15-38)22-44(26)32(48)25(34(2,3)4)18-27(45)29(35(5,6)7)42-31(47)30-40-16-17-41-30/h10,16-17,23-26,29H,1,11-15,18-22H2,2-9H3,(H,40,41)(H,42,47)(H,43,49)/t23-,25-,26+,29-,37-,39-/m1/s1. The van der Waals surface area contributed by atoms with Crippen molar-refractivity contribution in [3.05, 3.63) is 30.9 Å². The van der Waals surface area contributed by atoms with Crippen molar-refractivity contribution in [2.24, 2.45) is 44.3 Å². The summed E-state index contributed by atoms with van der Waals surface area (Å²) in [5, 5.41) is 2.25. The van der Waals surface area contributed by atoms with Gasteiger partial charge in [-0.25, -0.2) is 13.4 Å². The van der Waals surface area contributed by atoms with Crippen molar-refractivity contribution in [1.82, 2.24) is 24.9 Å². The van der Waals surface area contributed by atoms with E-state index in [0.717, 1.165) is 19.3 Å². The van der Waals surface area contributed by atoms with E-state index in [1.807, 2.05) is 41.5 Å². The molecule has 1 aliphatic heterocycles. The van der Waals surface area contributed by atoms with Crippen LogP contribution in [-0.2, 0) is 29.2 Å². The number of carbonyl (C=O) groups excluding carboxylic acids is 5. The van der Waals surface area contributed by atoms with E-state index in [9.17, 15) is 27.6 Å². The molecule has 13 heteroatoms. The Morgan fingerprint density at radius 1 is 1.04 bits per heavy atom. The second-order valence-corrected chi connectivity index (χ2v) is 21.1. The number of ketones is 2. The molecule has 6 atom stereocenters. The number of imidazole rings is 1. The molecule has 0 aromatic carbocycles. The summed E-state index contributed by atoms with van der Waals surface area (Å²) in [5.41, 5.74) is -2.96. The van der Waals surface area contributed by atoms with E-state index in [0.29, 0.717) is 32.2 Å². The predicted octanol–water partition coefficient (Wildman–Crippen LogP) is 4.73. The number of fused-ring (bicyclic) bond motifs is 1. The van der Waals surface area contributed by atoms with Crippen LogP contribution in [-0.4, -0.2) is 76.5 Å². The van der Waals surface area contributed by atoms with Crippen molar-refractivity contribution in [2.45, 2.75) is 131 Å². The van der Waals surface area contributed by atoms with Gasteiger partial charge < -0.3 is 15.2 Å². The molecule has 0 unspecified atom stereocenters. The Morgan fingerprint density at radius 3 is 2.15 bits per heavy atom. The molecule has 2 spiro atoms. The number of nitrogens with one attached hydrogen (secondary N) is 3. The van der Waals surface area contributed by atoms with Crippen LogP contribution in [0.4, 0.5) is 0 Å². The molecule has 1 aromatic rings. The van der Waals surface area contributed by atoms with Gasteiger partial charge in [0.15, 0.2) is 17.4 Å². The van der Waals surface area contributed by atoms with Gasteiger partial charge in [-0.2, -0.15) is 0 Å². The Kier molecular flexibility index (Phi) is 9.11. The number of H-pyrrole nitrogens is 1. The van der Waals surface area contributed by atoms with E-state index in [1.54, 1.807) is 11.0 Å². The summed E-state index contributed by atoms with van der Waals surface area (Å²) in [4.78, 5) is 79.0. The van der Waals surface area contributed by atoms with Crippen molar-refractivity contribution < 1.29 is 32.4 Å². The summed E-state index contributed by atoms with van der Waals surface area (Å²) in [5.74, 6) is -3.12. The Balaban J connectivity index is 1.29. The highest BCUT2D eigenvalue weighted by Crippen LogP contribution is 2.88. The fraction of sp³-hybridized carbons (Fsp3) is 0.744. The highest BCUT2D eigenvalue weighted by atomic mass is 32.2. The fourth-order valence-corrected chi connectivity index (χ4v) is 11.5. The first-order valence-corrected chi connectivity index (χ1v) is 20.4. The van der Waals surface area contributed by atoms with Crippen molar-refractivity contribution >= 4 is 39.3 Å². The third kappa shape index (κ3) is 6.06. The van der Waals surface area contributed by atoms with Gasteiger partial charge >= 0.3 is 0 Å². The topological polar surface area (TPSA) is 175 Å². The summed E-state index contributed by atoms with van der Waals surface area (Å²) in [7, 11) is -3.83. The average molecular weight is 740 g/mol. The molecule has 5 aliphatic rings. The molecule has 286 valence electrons. The first-order valence-electron chi connectivity index (χ1n) is 18.8. The minimum Gasteiger partial charge on any atom is -0.341 e. The molecule has 5 fully saturated rings. The van der Waals surface area contributed by atoms with Crippen molar-refractivity contribution in [3.8, 4) is 0 Å². The van der Waals surface area contributed by atoms with E-state index in [4.69, 9.17) is 0 Å². The average Bonchev–Trinajstić information content (AvgIpc) is 3.93. The van der Waals surface area contributed by atoms with Crippen LogP contribution >= 0.6 is 0 Å². The molecule has 4 aliphatic carbocycles. The number of Topliss-reactive ketones (excluding diaryl/α,β-unsaturated/α-hetero) is 2. The minimum absolute atomic E-state index is 0.0186. The number of likely N-dealkylation sites (tertiary alicyclic amines) is 1. The summed E-state index contributed by atoms with van der Waals surface area (Å²) in [6.07, 6.45) is 9.18. The number of nitrogens with zero attached hydrogens (tertiary/aromatic N) is 2. The molecule has 2 heterocycles. The van der Waals surface area contributed by atoms with Crippen LogP contribution in [0.2, 0.25) is 0 Å². The molecule has 0 bridgehead atoms. The zero-order chi connectivity index (χ0) is 38.4. The highest BCUT2D eigenvalue weighted by molar-refractivity contribution is 7.90. The van der Waals surface area contributed by atoms with Crippen LogP contribution in [0, 0.1) is 44.3 Å². The summed E-state index contributed by atoms with van der Waals surface area (Å²) >= 11 is 0. The second-order valence-electron chi connectivity index (χ2n) is 19.1. The number of sulfonamides is 1. The number of carbonyl (C=O) groups is 5. The number of aromatic amines is 1. The number of amides is 3. The Labute approximate surface area is 308 Å². The van der Waals surface area contributed by atoms with Crippen molar-refractivity contribution in [2.75, 3.05) is 6.54 Å². The smallest absolute Gasteiger partial charge is 0.287 e. The van der Waals surface area contributed by atoms with E-state index in [2.05, 4.69) is 40.4 Å². The fourth-order valence-electron chi connectivity index (χ4n) is 10.1. The SMILES string of the molecule is C=C[C@@H]1C[C@]1(CC(=O)[C@@H]1C[C@@]2(CN1C(=O)[C@@H](CC(=O)[C@@H](NC(=O)c1ncc[nH]1)C(C)(C)C)C(C)(C)C)C(C)(C)C21CCC1)C(=O)NS(=O)(=O)C1CC1. The number of rotatable bonds is 13. The number of hydrogen-bond donors (Lipinski definition) is 3. The van der Waals surface area contributed by atoms with Crippen molar-refractivity contribution in [3.63, 3.8) is 0 Å². The zero-order valence-corrected chi connectivity index (χ0v) is 32.9. The normalized spacial score (nSPS) is 29.9. The van der Waals surface area contributed by atoms with Crippen LogP contribution in [0.25, 0.3) is 0 Å². The molecule has 6 rings (SSSR count). The first-order chi connectivity index (χ1) is 24.0. The summed E-state index contributed by atoms with van der Waals surface area (Å²) in [6, 6.07) is -1.73. The Morgan fingerprint density at radius 2 is 1.69 bits per heavy atom. The molecule has 1 saturated heterocycles. The Hall–Kier alpha value is -3.35. The van der Waals surface area contributed by atoms with Gasteiger partial charge in [-0.05, 0) is 66.1 Å². The first kappa shape index (κ1) is 38.4. The van der Waals surface area contributed by atoms with Gasteiger partial charge in [-0.1, -0.05) is 67.9 Å². The molecule has 12 nitrogen and oxygen atoms in total. The second kappa shape index (κ2) is 12.3. The number of hydrogen-bond acceptors (Lipinski definition) is 8. The van der Waals surface area contributed by atoms with E-state index in [1.165, 1.54) is 12.4 Å². The van der Waals surface area contributed by atoms with Crippen molar-refractivity contribution in [1.29, 1.82) is 0 Å². The lowest BCUT2D eigenvalue weighted by atomic mass is 9.73. The summed E-state index contributed by atoms with van der Waals surface area (Å²) in [6.45, 7) is 20.0. The highest BCUT2D eigenvalue weighted by Gasteiger charge is 2.85. The summed E-state index contributed by atoms with van der Waals surface area (Å²) < 4.78 is 27.8. The minimum atomic E-state index is -3.83. The molecular formula is C39H57N5O7S. The van der Waals surface area contributed by atoms with Crippen LogP contribution < -0.4 is 10.0 Å². The molecule has 3 N–H and O–H groups in total. The maximum atomic E-state index is 15.0. The van der Waals surface area contributed by atoms with E-state index < -0.39 is 61.3 Å². The number of aromatic nitrogens is 2. The van der Waals surface area contributed by atoms with Crippen LogP contribution in [0.1, 0.15) is 124 Å². The lowest BCUT2D eigenvalue weighted by Gasteiger charge is -2.37. The Bertz CT molecular complexity index is 1780. The van der Waals surface area contributed by atoms with Gasteiger partial charge in [0.2, 0.25) is 21.8 Å². The predicted molar refractivity (Wildman–Crippen MR) is 195 cm³/mol. The third-order valence-electron chi connectivity index (χ3n) is 14.0. The molecule has 4 saturated carbocycles. The maximum Gasteiger partial charge on any atom is 0.287 e. The van der Waals surface area contributed by atoms with E-state index in [-0.39, 0.29) is 58.3 Å². The van der Waals surface area contributed by atoms with Crippen LogP contribution in [0.3, 0.4) is 0 Å². The molecular weight excluding hydrogens is 683 g/mol. The monoisotopic (exact) mass is 739 g/mol. The van der Waals surface area contributed by atoms with Crippen LogP contribution in [0.5, 0.6) is 0 Å². The zero-order valence-electron chi connectivity index (χ0n) is 32.1. The molecule has 52 heavy (non-hydrogen) atoms. The van der Waals surface area contributed by atoms with Gasteiger partial charge in [-0.3, -0.25) is 28.7 Å². The van der Waals surface area contributed by atoms with Gasteiger partial charge in [0, 0.05) is 43.1 Å². The largest absolute Gasteiger partial charge is 0.341 e. The lowest BCUT2D eigenvalue weighted by molar-refractivity contribution is -0.146. The molecule has 1 aromatic heterocycles. The lowest BCUT2D eigenvalue weighted by Crippen LogP contribution is -2.52. The number of allylic oxidation sites excluding steroid dienone is 1. The van der Waals surface area contributed by atoms with Gasteiger partial charge in [0.05, 0.1) is 22.7 Å². The third-order valence-corrected chi connectivity index (χ3v) is 15.8. The quantitative estimate of drug-likeness (QED) is 0.243. The van der Waals surface area contributed by atoms with Crippen LogP contribution in [0.15, 0.2) is 25.0 Å². The molecule has 3 amide bonds. The maximum absolute atomic E-state index is 15.0. The van der Waals surface area contributed by atoms with Gasteiger partial charge in [0.1, 0.15) is 0 Å². The van der Waals surface area contributed by atoms with Gasteiger partial charge in [-0.15, -0.1) is 6.58 Å². The molecule has 0 radical (unpaired) electrons. The van der Waals surface area contributed by atoms with E-state index >= 15 is 4.79 Å². The van der Waals surface area contributed by atoms with Gasteiger partial charge in [0.25, 0.3) is 5.91 Å².